The molecule has 1 aliphatic heterocycles. The minimum Gasteiger partial charge on any atom is -0.497 e. The predicted molar refractivity (Wildman–Crippen MR) is 82.7 cm³/mol. The first-order valence-electron chi connectivity index (χ1n) is 7.67. The van der Waals surface area contributed by atoms with Crippen molar-refractivity contribution in [2.75, 3.05) is 20.2 Å². The highest BCUT2D eigenvalue weighted by Crippen LogP contribution is 2.23. The number of carboxylic acids is 1. The Bertz CT molecular complexity index is 450. The molecular weight excluding hydrogens is 266 g/mol. The van der Waals surface area contributed by atoms with Crippen LogP contribution in [0.25, 0.3) is 0 Å². The van der Waals surface area contributed by atoms with Crippen molar-refractivity contribution in [2.45, 2.75) is 38.6 Å². The maximum atomic E-state index is 10.8. The summed E-state index contributed by atoms with van der Waals surface area (Å²) in [5, 5.41) is 8.85. The fraction of sp³-hybridized carbons (Fsp3) is 0.588. The molecule has 2 rings (SSSR count). The van der Waals surface area contributed by atoms with E-state index in [-0.39, 0.29) is 0 Å². The summed E-state index contributed by atoms with van der Waals surface area (Å²) < 4.78 is 5.18. The minimum absolute atomic E-state index is 0.320. The van der Waals surface area contributed by atoms with Crippen LogP contribution in [0.3, 0.4) is 0 Å². The summed E-state index contributed by atoms with van der Waals surface area (Å²) in [6.07, 6.45) is 3.34. The Morgan fingerprint density at radius 2 is 1.95 bits per heavy atom. The van der Waals surface area contributed by atoms with Gasteiger partial charge in [-0.05, 0) is 62.9 Å². The van der Waals surface area contributed by atoms with Gasteiger partial charge in [-0.1, -0.05) is 12.1 Å². The number of benzene rings is 1. The molecular formula is C17H25NO3. The van der Waals surface area contributed by atoms with E-state index in [1.807, 2.05) is 12.1 Å². The fourth-order valence-corrected chi connectivity index (χ4v) is 3.08. The molecule has 1 atom stereocenters. The van der Waals surface area contributed by atoms with Crippen molar-refractivity contribution < 1.29 is 14.6 Å². The maximum absolute atomic E-state index is 10.8. The standard InChI is InChI=1S/C17H25NO3/c1-13(11-14-3-5-16(21-2)6-4-14)18-9-7-15(8-10-18)12-17(19)20/h3-6,13,15H,7-12H2,1-2H3,(H,19,20). The zero-order valence-corrected chi connectivity index (χ0v) is 12.9. The van der Waals surface area contributed by atoms with E-state index in [1.54, 1.807) is 7.11 Å². The van der Waals surface area contributed by atoms with Crippen molar-refractivity contribution in [1.82, 2.24) is 4.90 Å². The Hall–Kier alpha value is -1.55. The molecule has 1 N–H and O–H groups in total. The van der Waals surface area contributed by atoms with Crippen LogP contribution in [0.5, 0.6) is 5.75 Å². The molecule has 4 nitrogen and oxygen atoms in total. The smallest absolute Gasteiger partial charge is 0.303 e. The van der Waals surface area contributed by atoms with Gasteiger partial charge in [-0.2, -0.15) is 0 Å². The first kappa shape index (κ1) is 15.8. The maximum Gasteiger partial charge on any atom is 0.303 e. The number of carboxylic acid groups (broad SMARTS) is 1. The van der Waals surface area contributed by atoms with Gasteiger partial charge in [0.1, 0.15) is 5.75 Å². The molecule has 116 valence electrons. The van der Waals surface area contributed by atoms with Gasteiger partial charge in [0.15, 0.2) is 0 Å². The van der Waals surface area contributed by atoms with Gasteiger partial charge in [-0.15, -0.1) is 0 Å². The number of hydrogen-bond donors (Lipinski definition) is 1. The summed E-state index contributed by atoms with van der Waals surface area (Å²) in [4.78, 5) is 13.2. The Kier molecular flexibility index (Phi) is 5.62. The first-order valence-corrected chi connectivity index (χ1v) is 7.67. The topological polar surface area (TPSA) is 49.8 Å². The molecule has 0 radical (unpaired) electrons. The number of rotatable bonds is 6. The summed E-state index contributed by atoms with van der Waals surface area (Å²) in [5.41, 5.74) is 1.32. The lowest BCUT2D eigenvalue weighted by molar-refractivity contribution is -0.138. The van der Waals surface area contributed by atoms with Crippen LogP contribution in [0, 0.1) is 5.92 Å². The molecule has 1 fully saturated rings. The van der Waals surface area contributed by atoms with Gasteiger partial charge >= 0.3 is 5.97 Å². The summed E-state index contributed by atoms with van der Waals surface area (Å²) in [6.45, 7) is 4.27. The van der Waals surface area contributed by atoms with Gasteiger partial charge in [0, 0.05) is 12.5 Å². The van der Waals surface area contributed by atoms with Crippen LogP contribution in [-0.4, -0.2) is 42.2 Å². The number of carbonyl (C=O) groups is 1. The van der Waals surface area contributed by atoms with Crippen LogP contribution in [-0.2, 0) is 11.2 Å². The van der Waals surface area contributed by atoms with Crippen molar-refractivity contribution in [1.29, 1.82) is 0 Å². The van der Waals surface area contributed by atoms with Crippen LogP contribution < -0.4 is 4.74 Å². The lowest BCUT2D eigenvalue weighted by Crippen LogP contribution is -2.41. The summed E-state index contributed by atoms with van der Waals surface area (Å²) in [5.74, 6) is 0.576. The van der Waals surface area contributed by atoms with Crippen LogP contribution >= 0.6 is 0 Å². The van der Waals surface area contributed by atoms with Gasteiger partial charge in [0.2, 0.25) is 0 Å². The molecule has 1 aliphatic rings. The second-order valence-electron chi connectivity index (χ2n) is 5.98. The van der Waals surface area contributed by atoms with Crippen molar-refractivity contribution in [3.05, 3.63) is 29.8 Å². The number of piperidine rings is 1. The number of aliphatic carboxylic acids is 1. The molecule has 0 bridgehead atoms. The van der Waals surface area contributed by atoms with Crippen LogP contribution in [0.1, 0.15) is 31.7 Å². The molecule has 1 heterocycles. The van der Waals surface area contributed by atoms with Crippen LogP contribution in [0.15, 0.2) is 24.3 Å². The third-order valence-corrected chi connectivity index (χ3v) is 4.43. The molecule has 1 unspecified atom stereocenters. The van der Waals surface area contributed by atoms with E-state index in [1.165, 1.54) is 5.56 Å². The molecule has 0 amide bonds. The number of nitrogens with zero attached hydrogens (tertiary/aromatic N) is 1. The summed E-state index contributed by atoms with van der Waals surface area (Å²) >= 11 is 0. The van der Waals surface area contributed by atoms with Crippen molar-refractivity contribution in [2.24, 2.45) is 5.92 Å². The van der Waals surface area contributed by atoms with E-state index in [0.29, 0.717) is 18.4 Å². The second-order valence-corrected chi connectivity index (χ2v) is 5.98. The molecule has 4 heteroatoms. The van der Waals surface area contributed by atoms with Crippen molar-refractivity contribution in [3.63, 3.8) is 0 Å². The number of hydrogen-bond acceptors (Lipinski definition) is 3. The van der Waals surface area contributed by atoms with Gasteiger partial charge < -0.3 is 14.7 Å². The SMILES string of the molecule is COc1ccc(CC(C)N2CCC(CC(=O)O)CC2)cc1. The zero-order valence-electron chi connectivity index (χ0n) is 12.9. The fourth-order valence-electron chi connectivity index (χ4n) is 3.08. The van der Waals surface area contributed by atoms with E-state index in [4.69, 9.17) is 9.84 Å². The molecule has 1 saturated heterocycles. The number of likely N-dealkylation sites (tertiary alicyclic amines) is 1. The third-order valence-electron chi connectivity index (χ3n) is 4.43. The molecule has 0 saturated carbocycles. The average Bonchev–Trinajstić information content (AvgIpc) is 2.48. The normalized spacial score (nSPS) is 18.4. The zero-order chi connectivity index (χ0) is 15.2. The van der Waals surface area contributed by atoms with Crippen molar-refractivity contribution in [3.8, 4) is 5.75 Å². The first-order chi connectivity index (χ1) is 10.1. The highest BCUT2D eigenvalue weighted by atomic mass is 16.5. The quantitative estimate of drug-likeness (QED) is 0.875. The Morgan fingerprint density at radius 1 is 1.33 bits per heavy atom. The molecule has 0 spiro atoms. The summed E-state index contributed by atoms with van der Waals surface area (Å²) in [7, 11) is 1.68. The van der Waals surface area contributed by atoms with Gasteiger partial charge in [-0.3, -0.25) is 4.79 Å². The molecule has 1 aromatic rings. The highest BCUT2D eigenvalue weighted by molar-refractivity contribution is 5.67. The minimum atomic E-state index is -0.667. The lowest BCUT2D eigenvalue weighted by atomic mass is 9.92. The number of ether oxygens (including phenoxy) is 1. The van der Waals surface area contributed by atoms with Gasteiger partial charge in [-0.25, -0.2) is 0 Å². The molecule has 21 heavy (non-hydrogen) atoms. The molecule has 0 aliphatic carbocycles. The second kappa shape index (κ2) is 7.46. The van der Waals surface area contributed by atoms with E-state index in [9.17, 15) is 4.79 Å². The Morgan fingerprint density at radius 3 is 2.48 bits per heavy atom. The van der Waals surface area contributed by atoms with Crippen molar-refractivity contribution >= 4 is 5.97 Å². The summed E-state index contributed by atoms with van der Waals surface area (Å²) in [6, 6.07) is 8.73. The third kappa shape index (κ3) is 4.74. The Balaban J connectivity index is 1.81. The van der Waals surface area contributed by atoms with E-state index in [0.717, 1.165) is 38.1 Å². The van der Waals surface area contributed by atoms with Crippen LogP contribution in [0.4, 0.5) is 0 Å². The molecule has 1 aromatic carbocycles. The van der Waals surface area contributed by atoms with Crippen LogP contribution in [0.2, 0.25) is 0 Å². The predicted octanol–water partition coefficient (Wildman–Crippen LogP) is 2.81. The highest BCUT2D eigenvalue weighted by Gasteiger charge is 2.24. The largest absolute Gasteiger partial charge is 0.497 e. The number of methoxy groups -OCH3 is 1. The van der Waals surface area contributed by atoms with Gasteiger partial charge in [0.25, 0.3) is 0 Å². The van der Waals surface area contributed by atoms with E-state index >= 15 is 0 Å². The lowest BCUT2D eigenvalue weighted by Gasteiger charge is -2.35. The van der Waals surface area contributed by atoms with Gasteiger partial charge in [0.05, 0.1) is 7.11 Å². The van der Waals surface area contributed by atoms with E-state index in [2.05, 4.69) is 24.0 Å². The average molecular weight is 291 g/mol. The van der Waals surface area contributed by atoms with E-state index < -0.39 is 5.97 Å². The molecule has 0 aromatic heterocycles. The monoisotopic (exact) mass is 291 g/mol. The Labute approximate surface area is 126 Å².